The van der Waals surface area contributed by atoms with Gasteiger partial charge in [-0.1, -0.05) is 18.2 Å². The van der Waals surface area contributed by atoms with Gasteiger partial charge in [0.1, 0.15) is 5.69 Å². The van der Waals surface area contributed by atoms with Crippen LogP contribution in [-0.2, 0) is 14.2 Å². The zero-order chi connectivity index (χ0) is 23.5. The smallest absolute Gasteiger partial charge is 0.396 e. The van der Waals surface area contributed by atoms with Gasteiger partial charge in [0.05, 0.1) is 24.1 Å². The van der Waals surface area contributed by atoms with Crippen LogP contribution in [0.15, 0.2) is 41.3 Å². The lowest BCUT2D eigenvalue weighted by molar-refractivity contribution is -0.130. The molecular formula is C22H32BN6O4. The average Bonchev–Trinajstić information content (AvgIpc) is 2.85. The monoisotopic (exact) mass is 455 g/mol. The maximum Gasteiger partial charge on any atom is 0.396 e. The van der Waals surface area contributed by atoms with E-state index in [0.717, 1.165) is 12.1 Å². The maximum absolute atomic E-state index is 13.4. The van der Waals surface area contributed by atoms with Crippen LogP contribution in [0, 0.1) is 0 Å². The second-order valence-electron chi connectivity index (χ2n) is 7.54. The number of rotatable bonds is 12. The molecule has 2 aromatic rings. The van der Waals surface area contributed by atoms with E-state index >= 15 is 0 Å². The first kappa shape index (κ1) is 24.8. The minimum absolute atomic E-state index is 0.00911. The molecule has 1 radical (unpaired) electrons. The molecule has 1 amide bonds. The molecule has 177 valence electrons. The van der Waals surface area contributed by atoms with Crippen molar-refractivity contribution in [1.29, 1.82) is 0 Å². The average molecular weight is 455 g/mol. The fourth-order valence-electron chi connectivity index (χ4n) is 3.66. The van der Waals surface area contributed by atoms with Crippen molar-refractivity contribution in [3.63, 3.8) is 0 Å². The molecule has 1 saturated heterocycles. The topological polar surface area (TPSA) is 101 Å². The van der Waals surface area contributed by atoms with Gasteiger partial charge in [-0.3, -0.25) is 9.59 Å². The van der Waals surface area contributed by atoms with E-state index in [2.05, 4.69) is 20.5 Å². The van der Waals surface area contributed by atoms with Crippen LogP contribution in [-0.4, -0.2) is 87.8 Å². The largest absolute Gasteiger partial charge is 0.427 e. The number of piperazine rings is 1. The molecule has 0 saturated carbocycles. The number of benzene rings is 1. The van der Waals surface area contributed by atoms with E-state index < -0.39 is 0 Å². The number of carbonyl (C=O) groups is 1. The molecular weight excluding hydrogens is 423 g/mol. The standard InChI is InChI=1S/C22H32BN6O4/c1-3-33-15-7-10-24-21-19(16-26-29(22(21)31)18-8-5-4-6-9-18)27-11-13-28(14-12-27)20(30)17-25-23-32-2/h4-6,8-9,16,24-25H,3,7,10-15,17H2,1-2H3. The summed E-state index contributed by atoms with van der Waals surface area (Å²) in [4.78, 5) is 29.6. The molecule has 1 aromatic carbocycles. The van der Waals surface area contributed by atoms with Gasteiger partial charge in [0.15, 0.2) is 0 Å². The van der Waals surface area contributed by atoms with Gasteiger partial charge < -0.3 is 29.7 Å². The summed E-state index contributed by atoms with van der Waals surface area (Å²) in [6.07, 6.45) is 2.51. The summed E-state index contributed by atoms with van der Waals surface area (Å²) in [6, 6.07) is 9.36. The lowest BCUT2D eigenvalue weighted by Gasteiger charge is -2.36. The molecule has 1 aliphatic heterocycles. The molecule has 1 fully saturated rings. The summed E-state index contributed by atoms with van der Waals surface area (Å²) in [5.41, 5.74) is 1.78. The Hall–Kier alpha value is -2.89. The second-order valence-corrected chi connectivity index (χ2v) is 7.54. The highest BCUT2D eigenvalue weighted by molar-refractivity contribution is 6.24. The number of anilines is 2. The van der Waals surface area contributed by atoms with Crippen LogP contribution in [0.3, 0.4) is 0 Å². The van der Waals surface area contributed by atoms with E-state index in [1.54, 1.807) is 11.1 Å². The summed E-state index contributed by atoms with van der Waals surface area (Å²) >= 11 is 0. The Morgan fingerprint density at radius 2 is 1.94 bits per heavy atom. The van der Waals surface area contributed by atoms with Gasteiger partial charge in [-0.25, -0.2) is 0 Å². The summed E-state index contributed by atoms with van der Waals surface area (Å²) in [7, 11) is 2.92. The summed E-state index contributed by atoms with van der Waals surface area (Å²) < 4.78 is 11.6. The van der Waals surface area contributed by atoms with Crippen molar-refractivity contribution in [2.45, 2.75) is 13.3 Å². The number of hydrogen-bond acceptors (Lipinski definition) is 8. The Morgan fingerprint density at radius 3 is 2.64 bits per heavy atom. The minimum Gasteiger partial charge on any atom is -0.427 e. The highest BCUT2D eigenvalue weighted by atomic mass is 16.5. The number of nitrogens with one attached hydrogen (secondary N) is 2. The van der Waals surface area contributed by atoms with Crippen molar-refractivity contribution < 1.29 is 14.2 Å². The number of ether oxygens (including phenoxy) is 1. The molecule has 2 heterocycles. The van der Waals surface area contributed by atoms with Gasteiger partial charge in [-0.2, -0.15) is 9.78 Å². The van der Waals surface area contributed by atoms with Gasteiger partial charge in [0, 0.05) is 53.0 Å². The van der Waals surface area contributed by atoms with Crippen LogP contribution in [0.2, 0.25) is 0 Å². The first-order valence-electron chi connectivity index (χ1n) is 11.3. The highest BCUT2D eigenvalue weighted by Crippen LogP contribution is 2.23. The SMILES string of the molecule is CCOCCCNc1c(N2CCN(C(=O)CN[B]OC)CC2)cnn(-c2ccccc2)c1=O. The van der Waals surface area contributed by atoms with Crippen molar-refractivity contribution in [2.24, 2.45) is 0 Å². The van der Waals surface area contributed by atoms with Crippen molar-refractivity contribution >= 4 is 24.9 Å². The van der Waals surface area contributed by atoms with Crippen LogP contribution >= 0.6 is 0 Å². The normalized spacial score (nSPS) is 13.8. The molecule has 0 aliphatic carbocycles. The van der Waals surface area contributed by atoms with Crippen molar-refractivity contribution in [3.8, 4) is 5.69 Å². The molecule has 2 N–H and O–H groups in total. The summed E-state index contributed by atoms with van der Waals surface area (Å²) in [5, 5.41) is 10.6. The van der Waals surface area contributed by atoms with Crippen molar-refractivity contribution in [3.05, 3.63) is 46.9 Å². The number of amides is 1. The third kappa shape index (κ3) is 6.80. The van der Waals surface area contributed by atoms with Crippen LogP contribution in [0.4, 0.5) is 11.4 Å². The van der Waals surface area contributed by atoms with Crippen molar-refractivity contribution in [1.82, 2.24) is 19.9 Å². The third-order valence-electron chi connectivity index (χ3n) is 5.36. The van der Waals surface area contributed by atoms with Gasteiger partial charge in [0.25, 0.3) is 5.56 Å². The predicted molar refractivity (Wildman–Crippen MR) is 129 cm³/mol. The number of para-hydroxylation sites is 1. The molecule has 10 nitrogen and oxygen atoms in total. The lowest BCUT2D eigenvalue weighted by Crippen LogP contribution is -2.51. The van der Waals surface area contributed by atoms with Crippen LogP contribution in [0.5, 0.6) is 0 Å². The van der Waals surface area contributed by atoms with Gasteiger partial charge in [-0.05, 0) is 25.5 Å². The zero-order valence-electron chi connectivity index (χ0n) is 19.3. The quantitative estimate of drug-likeness (QED) is 0.353. The molecule has 3 rings (SSSR count). The van der Waals surface area contributed by atoms with Gasteiger partial charge >= 0.3 is 7.62 Å². The highest BCUT2D eigenvalue weighted by Gasteiger charge is 2.24. The van der Waals surface area contributed by atoms with Gasteiger partial charge in [-0.15, -0.1) is 0 Å². The van der Waals surface area contributed by atoms with E-state index in [1.165, 1.54) is 19.4 Å². The molecule has 0 spiro atoms. The molecule has 11 heteroatoms. The Kier molecular flexibility index (Phi) is 9.73. The number of carbonyl (C=O) groups excluding carboxylic acids is 1. The molecule has 0 bridgehead atoms. The third-order valence-corrected chi connectivity index (χ3v) is 5.36. The van der Waals surface area contributed by atoms with Crippen LogP contribution in [0.25, 0.3) is 5.69 Å². The molecule has 0 atom stereocenters. The van der Waals surface area contributed by atoms with E-state index in [0.29, 0.717) is 57.3 Å². The number of hydrogen-bond donors (Lipinski definition) is 2. The Balaban J connectivity index is 1.74. The summed E-state index contributed by atoms with van der Waals surface area (Å²) in [6.45, 7) is 6.43. The molecule has 1 aliphatic rings. The Bertz CT molecular complexity index is 934. The fourth-order valence-corrected chi connectivity index (χ4v) is 3.66. The van der Waals surface area contributed by atoms with E-state index in [4.69, 9.17) is 9.39 Å². The molecule has 1 aromatic heterocycles. The van der Waals surface area contributed by atoms with E-state index in [1.807, 2.05) is 37.3 Å². The number of aromatic nitrogens is 2. The Labute approximate surface area is 195 Å². The van der Waals surface area contributed by atoms with E-state index in [9.17, 15) is 9.59 Å². The summed E-state index contributed by atoms with van der Waals surface area (Å²) in [5.74, 6) is 0.00911. The number of nitrogens with zero attached hydrogens (tertiary/aromatic N) is 4. The van der Waals surface area contributed by atoms with E-state index in [-0.39, 0.29) is 18.0 Å². The van der Waals surface area contributed by atoms with Gasteiger partial charge in [0.2, 0.25) is 5.91 Å². The predicted octanol–water partition coefficient (Wildman–Crippen LogP) is 0.490. The molecule has 0 unspecified atom stereocenters. The first-order chi connectivity index (χ1) is 16.2. The van der Waals surface area contributed by atoms with Crippen LogP contribution in [0.1, 0.15) is 13.3 Å². The lowest BCUT2D eigenvalue weighted by atomic mass is 10.2. The Morgan fingerprint density at radius 1 is 1.18 bits per heavy atom. The zero-order valence-corrected chi connectivity index (χ0v) is 19.3. The fraction of sp³-hybridized carbons (Fsp3) is 0.500. The van der Waals surface area contributed by atoms with Crippen LogP contribution < -0.4 is 21.0 Å². The minimum atomic E-state index is -0.201. The maximum atomic E-state index is 13.4. The van der Waals surface area contributed by atoms with Crippen molar-refractivity contribution in [2.75, 3.05) is 69.8 Å². The first-order valence-corrected chi connectivity index (χ1v) is 11.3. The molecule has 33 heavy (non-hydrogen) atoms. The second kappa shape index (κ2) is 13.0.